The Morgan fingerprint density at radius 2 is 2.07 bits per heavy atom. The van der Waals surface area contributed by atoms with Crippen LogP contribution in [-0.2, 0) is 4.84 Å². The van der Waals surface area contributed by atoms with Crippen LogP contribution in [-0.4, -0.2) is 24.4 Å². The summed E-state index contributed by atoms with van der Waals surface area (Å²) in [5, 5.41) is 6.96. The Kier molecular flexibility index (Phi) is 6.40. The molecule has 0 atom stereocenters. The molecular weight excluding hydrogens is 212 g/mol. The van der Waals surface area contributed by atoms with Gasteiger partial charge in [-0.05, 0) is 24.5 Å². The summed E-state index contributed by atoms with van der Waals surface area (Å²) < 4.78 is 0. The molecule has 0 unspecified atom stereocenters. The number of rotatable bonds is 3. The van der Waals surface area contributed by atoms with Crippen LogP contribution in [0.4, 0.5) is 4.79 Å². The number of hydrogen-bond donors (Lipinski definition) is 1. The molecule has 1 N–H and O–H groups in total. The molecule has 88 valence electrons. The summed E-state index contributed by atoms with van der Waals surface area (Å²) in [6.45, 7) is 6.51. The van der Waals surface area contributed by atoms with Gasteiger partial charge in [0.15, 0.2) is 0 Å². The van der Waals surface area contributed by atoms with Crippen molar-refractivity contribution >= 4 is 22.9 Å². The molecule has 0 rings (SSSR count). The minimum atomic E-state index is -0.530. The number of thioether (sulfide) groups is 1. The van der Waals surface area contributed by atoms with Crippen molar-refractivity contribution in [3.8, 4) is 0 Å². The largest absolute Gasteiger partial charge is 0.433 e. The molecule has 0 aromatic heterocycles. The third kappa shape index (κ3) is 8.30. The Labute approximate surface area is 95.8 Å². The Morgan fingerprint density at radius 3 is 2.47 bits per heavy atom. The molecule has 0 aliphatic rings. The molecule has 0 bridgehead atoms. The van der Waals surface area contributed by atoms with Crippen molar-refractivity contribution in [2.75, 3.05) is 13.3 Å². The lowest BCUT2D eigenvalue weighted by atomic mass is 9.91. The average Bonchev–Trinajstić information content (AvgIpc) is 2.16. The smallest absolute Gasteiger partial charge is 0.323 e. The van der Waals surface area contributed by atoms with E-state index in [4.69, 9.17) is 0 Å². The number of amides is 1. The van der Waals surface area contributed by atoms with Crippen LogP contribution in [0.1, 0.15) is 33.6 Å². The summed E-state index contributed by atoms with van der Waals surface area (Å²) in [5.74, 6) is 0. The highest BCUT2D eigenvalue weighted by atomic mass is 32.2. The standard InChI is InChI=1S/C10H20N2O2S/c1-10(2,3)7-6-8(15-5)12-14-9(13)11-4/h6-7H2,1-5H3,(H,11,13). The van der Waals surface area contributed by atoms with Gasteiger partial charge in [-0.3, -0.25) is 4.84 Å². The Bertz CT molecular complexity index is 234. The topological polar surface area (TPSA) is 50.7 Å². The highest BCUT2D eigenvalue weighted by Gasteiger charge is 2.12. The normalized spacial score (nSPS) is 12.5. The zero-order chi connectivity index (χ0) is 11.9. The SMILES string of the molecule is CNC(=O)ON=C(CCC(C)(C)C)SC. The first-order valence-corrected chi connectivity index (χ1v) is 6.11. The van der Waals surface area contributed by atoms with E-state index in [-0.39, 0.29) is 5.41 Å². The molecule has 4 nitrogen and oxygen atoms in total. The summed E-state index contributed by atoms with van der Waals surface area (Å²) in [5.41, 5.74) is 0.267. The van der Waals surface area contributed by atoms with E-state index in [2.05, 4.69) is 36.1 Å². The molecule has 0 saturated carbocycles. The molecule has 0 aliphatic carbocycles. The second kappa shape index (κ2) is 6.71. The van der Waals surface area contributed by atoms with Crippen LogP contribution >= 0.6 is 11.8 Å². The van der Waals surface area contributed by atoms with Gasteiger partial charge < -0.3 is 5.32 Å². The van der Waals surface area contributed by atoms with E-state index in [1.165, 1.54) is 18.8 Å². The maximum atomic E-state index is 10.8. The van der Waals surface area contributed by atoms with Crippen LogP contribution in [0.15, 0.2) is 5.16 Å². The Hall–Kier alpha value is -0.710. The van der Waals surface area contributed by atoms with Gasteiger partial charge in [0.05, 0.1) is 0 Å². The zero-order valence-electron chi connectivity index (χ0n) is 10.1. The molecule has 0 fully saturated rings. The Morgan fingerprint density at radius 1 is 1.47 bits per heavy atom. The fraction of sp³-hybridized carbons (Fsp3) is 0.800. The van der Waals surface area contributed by atoms with Crippen molar-refractivity contribution in [1.82, 2.24) is 5.32 Å². The minimum absolute atomic E-state index is 0.267. The van der Waals surface area contributed by atoms with Crippen molar-refractivity contribution < 1.29 is 9.63 Å². The van der Waals surface area contributed by atoms with Gasteiger partial charge in [-0.15, -0.1) is 11.8 Å². The van der Waals surface area contributed by atoms with Gasteiger partial charge in [-0.1, -0.05) is 25.9 Å². The summed E-state index contributed by atoms with van der Waals surface area (Å²) in [7, 11) is 1.51. The zero-order valence-corrected chi connectivity index (χ0v) is 10.9. The van der Waals surface area contributed by atoms with Crippen molar-refractivity contribution in [3.63, 3.8) is 0 Å². The molecule has 0 aromatic rings. The highest BCUT2D eigenvalue weighted by molar-refractivity contribution is 8.13. The van der Waals surface area contributed by atoms with Gasteiger partial charge >= 0.3 is 6.09 Å². The van der Waals surface area contributed by atoms with Crippen LogP contribution in [0, 0.1) is 5.41 Å². The number of nitrogens with zero attached hydrogens (tertiary/aromatic N) is 1. The van der Waals surface area contributed by atoms with Crippen LogP contribution in [0.5, 0.6) is 0 Å². The van der Waals surface area contributed by atoms with Gasteiger partial charge in [0.25, 0.3) is 0 Å². The molecule has 0 aromatic carbocycles. The molecule has 5 heteroatoms. The first kappa shape index (κ1) is 14.3. The molecule has 0 aliphatic heterocycles. The number of oxime groups is 1. The van der Waals surface area contributed by atoms with E-state index in [9.17, 15) is 4.79 Å². The molecule has 0 radical (unpaired) electrons. The quantitative estimate of drug-likeness (QED) is 0.352. The Balaban J connectivity index is 4.07. The van der Waals surface area contributed by atoms with Gasteiger partial charge in [0.2, 0.25) is 0 Å². The predicted molar refractivity (Wildman–Crippen MR) is 65.2 cm³/mol. The van der Waals surface area contributed by atoms with E-state index < -0.39 is 6.09 Å². The third-order valence-electron chi connectivity index (χ3n) is 1.76. The van der Waals surface area contributed by atoms with Crippen LogP contribution < -0.4 is 5.32 Å². The third-order valence-corrected chi connectivity index (χ3v) is 2.51. The second-order valence-corrected chi connectivity index (χ2v) is 5.26. The summed E-state index contributed by atoms with van der Waals surface area (Å²) in [6.07, 6.45) is 3.25. The lowest BCUT2D eigenvalue weighted by Crippen LogP contribution is -2.17. The van der Waals surface area contributed by atoms with Gasteiger partial charge in [0, 0.05) is 7.05 Å². The van der Waals surface area contributed by atoms with Gasteiger partial charge in [0.1, 0.15) is 5.04 Å². The molecule has 0 saturated heterocycles. The molecule has 0 heterocycles. The van der Waals surface area contributed by atoms with Crippen molar-refractivity contribution in [3.05, 3.63) is 0 Å². The predicted octanol–water partition coefficient (Wildman–Crippen LogP) is 2.85. The lowest BCUT2D eigenvalue weighted by molar-refractivity contribution is 0.153. The first-order valence-electron chi connectivity index (χ1n) is 4.88. The van der Waals surface area contributed by atoms with E-state index in [0.717, 1.165) is 17.9 Å². The molecular formula is C10H20N2O2S. The fourth-order valence-electron chi connectivity index (χ4n) is 0.805. The number of hydrogen-bond acceptors (Lipinski definition) is 4. The number of carbonyl (C=O) groups is 1. The van der Waals surface area contributed by atoms with E-state index in [1.54, 1.807) is 0 Å². The van der Waals surface area contributed by atoms with E-state index in [0.29, 0.717) is 0 Å². The molecule has 1 amide bonds. The monoisotopic (exact) mass is 232 g/mol. The maximum Gasteiger partial charge on any atom is 0.433 e. The molecule has 15 heavy (non-hydrogen) atoms. The number of nitrogens with one attached hydrogen (secondary N) is 1. The van der Waals surface area contributed by atoms with Crippen molar-refractivity contribution in [1.29, 1.82) is 0 Å². The van der Waals surface area contributed by atoms with E-state index >= 15 is 0 Å². The van der Waals surface area contributed by atoms with Crippen molar-refractivity contribution in [2.45, 2.75) is 33.6 Å². The van der Waals surface area contributed by atoms with Crippen LogP contribution in [0.25, 0.3) is 0 Å². The van der Waals surface area contributed by atoms with E-state index in [1.807, 2.05) is 6.26 Å². The summed E-state index contributed by atoms with van der Waals surface area (Å²) >= 11 is 1.51. The van der Waals surface area contributed by atoms with Gasteiger partial charge in [-0.25, -0.2) is 4.79 Å². The molecule has 0 spiro atoms. The van der Waals surface area contributed by atoms with Gasteiger partial charge in [-0.2, -0.15) is 0 Å². The minimum Gasteiger partial charge on any atom is -0.323 e. The van der Waals surface area contributed by atoms with Crippen molar-refractivity contribution in [2.24, 2.45) is 10.6 Å². The number of carbonyl (C=O) groups excluding carboxylic acids is 1. The average molecular weight is 232 g/mol. The van der Waals surface area contributed by atoms with Crippen LogP contribution in [0.2, 0.25) is 0 Å². The summed E-state index contributed by atoms with van der Waals surface area (Å²) in [4.78, 5) is 15.4. The highest BCUT2D eigenvalue weighted by Crippen LogP contribution is 2.22. The van der Waals surface area contributed by atoms with Crippen LogP contribution in [0.3, 0.4) is 0 Å². The second-order valence-electron chi connectivity index (χ2n) is 4.38. The summed E-state index contributed by atoms with van der Waals surface area (Å²) in [6, 6.07) is 0. The lowest BCUT2D eigenvalue weighted by Gasteiger charge is -2.17. The maximum absolute atomic E-state index is 10.8. The fourth-order valence-corrected chi connectivity index (χ4v) is 1.22. The first-order chi connectivity index (χ1) is 6.89.